The van der Waals surface area contributed by atoms with E-state index in [1.54, 1.807) is 36.4 Å². The molecule has 0 saturated carbocycles. The van der Waals surface area contributed by atoms with Crippen LogP contribution in [0.15, 0.2) is 50.5 Å². The van der Waals surface area contributed by atoms with Crippen molar-refractivity contribution in [3.05, 3.63) is 51.8 Å². The van der Waals surface area contributed by atoms with E-state index < -0.39 is 28.0 Å². The molecule has 2 aromatic rings. The Morgan fingerprint density at radius 1 is 1.07 bits per heavy atom. The van der Waals surface area contributed by atoms with Crippen molar-refractivity contribution in [3.63, 3.8) is 0 Å². The SMILES string of the molecule is NC(=O)NC(=O)C(c1ccccc1)N1CCN(S(=O)(=O)c2ccc(Br)s2)CC1. The number of rotatable bonds is 5. The van der Waals surface area contributed by atoms with Crippen LogP contribution in [0.4, 0.5) is 4.79 Å². The zero-order chi connectivity index (χ0) is 20.3. The highest BCUT2D eigenvalue weighted by molar-refractivity contribution is 9.11. The highest BCUT2D eigenvalue weighted by Gasteiger charge is 2.35. The Kier molecular flexibility index (Phi) is 6.50. The van der Waals surface area contributed by atoms with Crippen molar-refractivity contribution in [3.8, 4) is 0 Å². The number of carbonyl (C=O) groups excluding carboxylic acids is 2. The molecule has 1 aromatic carbocycles. The number of carbonyl (C=O) groups is 2. The number of nitrogens with one attached hydrogen (secondary N) is 1. The van der Waals surface area contributed by atoms with Crippen LogP contribution in [0.1, 0.15) is 11.6 Å². The van der Waals surface area contributed by atoms with Gasteiger partial charge in [0.1, 0.15) is 10.3 Å². The molecule has 1 aliphatic heterocycles. The van der Waals surface area contributed by atoms with Gasteiger partial charge in [-0.1, -0.05) is 30.3 Å². The first-order valence-corrected chi connectivity index (χ1v) is 11.5. The number of thiophene rings is 1. The van der Waals surface area contributed by atoms with Gasteiger partial charge in [-0.3, -0.25) is 15.0 Å². The van der Waals surface area contributed by atoms with Gasteiger partial charge in [0, 0.05) is 26.2 Å². The number of imide groups is 1. The molecule has 1 aliphatic rings. The second-order valence-corrected chi connectivity index (χ2v) is 10.8. The molecular formula is C17H19BrN4O4S2. The lowest BCUT2D eigenvalue weighted by Crippen LogP contribution is -2.53. The van der Waals surface area contributed by atoms with Crippen molar-refractivity contribution in [1.82, 2.24) is 14.5 Å². The molecule has 8 nitrogen and oxygen atoms in total. The van der Waals surface area contributed by atoms with Crippen LogP contribution >= 0.6 is 27.3 Å². The summed E-state index contributed by atoms with van der Waals surface area (Å²) in [7, 11) is -3.57. The molecule has 2 heterocycles. The van der Waals surface area contributed by atoms with Crippen LogP contribution in [0.2, 0.25) is 0 Å². The van der Waals surface area contributed by atoms with E-state index in [4.69, 9.17) is 5.73 Å². The number of piperazine rings is 1. The molecule has 28 heavy (non-hydrogen) atoms. The Morgan fingerprint density at radius 3 is 2.25 bits per heavy atom. The van der Waals surface area contributed by atoms with Crippen LogP contribution in [-0.4, -0.2) is 55.7 Å². The van der Waals surface area contributed by atoms with E-state index in [0.29, 0.717) is 18.7 Å². The van der Waals surface area contributed by atoms with Crippen LogP contribution in [0.5, 0.6) is 0 Å². The van der Waals surface area contributed by atoms with Crippen LogP contribution in [0.3, 0.4) is 0 Å². The van der Waals surface area contributed by atoms with E-state index in [2.05, 4.69) is 21.2 Å². The normalized spacial score (nSPS) is 17.2. The Balaban J connectivity index is 1.77. The lowest BCUT2D eigenvalue weighted by Gasteiger charge is -2.37. The van der Waals surface area contributed by atoms with Crippen molar-refractivity contribution in [2.75, 3.05) is 26.2 Å². The Labute approximate surface area is 175 Å². The largest absolute Gasteiger partial charge is 0.351 e. The number of hydrogen-bond acceptors (Lipinski definition) is 6. The average Bonchev–Trinajstić information content (AvgIpc) is 3.10. The van der Waals surface area contributed by atoms with E-state index in [-0.39, 0.29) is 17.3 Å². The predicted molar refractivity (Wildman–Crippen MR) is 109 cm³/mol. The molecule has 1 saturated heterocycles. The van der Waals surface area contributed by atoms with Gasteiger partial charge in [0.15, 0.2) is 0 Å². The smallest absolute Gasteiger partial charge is 0.318 e. The minimum atomic E-state index is -3.57. The molecule has 1 unspecified atom stereocenters. The van der Waals surface area contributed by atoms with Gasteiger partial charge in [-0.05, 0) is 33.6 Å². The summed E-state index contributed by atoms with van der Waals surface area (Å²) in [4.78, 5) is 25.6. The van der Waals surface area contributed by atoms with E-state index in [9.17, 15) is 18.0 Å². The van der Waals surface area contributed by atoms with E-state index in [1.807, 2.05) is 11.0 Å². The summed E-state index contributed by atoms with van der Waals surface area (Å²) < 4.78 is 28.0. The molecule has 0 spiro atoms. The third-order valence-electron chi connectivity index (χ3n) is 4.39. The van der Waals surface area contributed by atoms with Gasteiger partial charge >= 0.3 is 6.03 Å². The molecular weight excluding hydrogens is 468 g/mol. The van der Waals surface area contributed by atoms with E-state index in [0.717, 1.165) is 15.1 Å². The third kappa shape index (κ3) is 4.61. The highest BCUT2D eigenvalue weighted by Crippen LogP contribution is 2.30. The molecule has 0 aliphatic carbocycles. The maximum atomic E-state index is 12.8. The summed E-state index contributed by atoms with van der Waals surface area (Å²) in [5.41, 5.74) is 5.81. The molecule has 0 bridgehead atoms. The number of primary amides is 1. The predicted octanol–water partition coefficient (Wildman–Crippen LogP) is 1.75. The number of urea groups is 1. The van der Waals surface area contributed by atoms with E-state index in [1.165, 1.54) is 4.31 Å². The van der Waals surface area contributed by atoms with Crippen LogP contribution in [0.25, 0.3) is 0 Å². The van der Waals surface area contributed by atoms with Crippen molar-refractivity contribution in [2.45, 2.75) is 10.3 Å². The van der Waals surface area contributed by atoms with Gasteiger partial charge in [0.05, 0.1) is 3.79 Å². The molecule has 11 heteroatoms. The number of sulfonamides is 1. The highest BCUT2D eigenvalue weighted by atomic mass is 79.9. The molecule has 1 fully saturated rings. The van der Waals surface area contributed by atoms with Gasteiger partial charge in [-0.2, -0.15) is 4.31 Å². The van der Waals surface area contributed by atoms with Crippen LogP contribution in [-0.2, 0) is 14.8 Å². The molecule has 1 atom stereocenters. The fraction of sp³-hybridized carbons (Fsp3) is 0.294. The van der Waals surface area contributed by atoms with Gasteiger partial charge in [0.25, 0.3) is 10.0 Å². The summed E-state index contributed by atoms with van der Waals surface area (Å²) in [5, 5.41) is 2.13. The molecule has 1 aromatic heterocycles. The van der Waals surface area contributed by atoms with Crippen molar-refractivity contribution < 1.29 is 18.0 Å². The molecule has 3 N–H and O–H groups in total. The number of hydrogen-bond donors (Lipinski definition) is 2. The zero-order valence-corrected chi connectivity index (χ0v) is 18.0. The first-order valence-electron chi connectivity index (χ1n) is 8.44. The van der Waals surface area contributed by atoms with Crippen LogP contribution < -0.4 is 11.1 Å². The maximum absolute atomic E-state index is 12.8. The van der Waals surface area contributed by atoms with Gasteiger partial charge < -0.3 is 5.73 Å². The summed E-state index contributed by atoms with van der Waals surface area (Å²) in [6.07, 6.45) is 0. The number of nitrogens with two attached hydrogens (primary N) is 1. The molecule has 150 valence electrons. The lowest BCUT2D eigenvalue weighted by molar-refractivity contribution is -0.126. The quantitative estimate of drug-likeness (QED) is 0.668. The summed E-state index contributed by atoms with van der Waals surface area (Å²) in [6.45, 7) is 1.17. The second-order valence-electron chi connectivity index (χ2n) is 6.17. The Bertz CT molecular complexity index is 957. The third-order valence-corrected chi connectivity index (χ3v) is 8.38. The van der Waals surface area contributed by atoms with Crippen molar-refractivity contribution in [1.29, 1.82) is 0 Å². The minimum absolute atomic E-state index is 0.241. The fourth-order valence-electron chi connectivity index (χ4n) is 3.12. The number of halogens is 1. The van der Waals surface area contributed by atoms with Crippen molar-refractivity contribution in [2.24, 2.45) is 5.73 Å². The summed E-state index contributed by atoms with van der Waals surface area (Å²) in [6, 6.07) is 10.6. The average molecular weight is 487 g/mol. The molecule has 0 radical (unpaired) electrons. The first-order chi connectivity index (χ1) is 13.3. The lowest BCUT2D eigenvalue weighted by atomic mass is 10.0. The van der Waals surface area contributed by atoms with E-state index >= 15 is 0 Å². The van der Waals surface area contributed by atoms with Crippen molar-refractivity contribution >= 4 is 49.2 Å². The number of amides is 3. The topological polar surface area (TPSA) is 113 Å². The number of benzene rings is 1. The zero-order valence-electron chi connectivity index (χ0n) is 14.7. The molecule has 3 amide bonds. The van der Waals surface area contributed by atoms with Gasteiger partial charge in [-0.25, -0.2) is 13.2 Å². The Hall–Kier alpha value is -1.79. The molecule has 3 rings (SSSR count). The van der Waals surface area contributed by atoms with Gasteiger partial charge in [0.2, 0.25) is 5.91 Å². The summed E-state index contributed by atoms with van der Waals surface area (Å²) in [5.74, 6) is -0.530. The first kappa shape index (κ1) is 20.9. The summed E-state index contributed by atoms with van der Waals surface area (Å²) >= 11 is 4.45. The minimum Gasteiger partial charge on any atom is -0.351 e. The standard InChI is InChI=1S/C17H19BrN4O4S2/c18-13-6-7-14(27-13)28(25,26)22-10-8-21(9-11-22)15(16(23)20-17(19)24)12-4-2-1-3-5-12/h1-7,15H,8-11H2,(H3,19,20,23,24). The second kappa shape index (κ2) is 8.70. The maximum Gasteiger partial charge on any atom is 0.318 e. The van der Waals surface area contributed by atoms with Gasteiger partial charge in [-0.15, -0.1) is 11.3 Å². The Morgan fingerprint density at radius 2 is 1.71 bits per heavy atom. The fourth-order valence-corrected chi connectivity index (χ4v) is 6.71. The van der Waals surface area contributed by atoms with Crippen LogP contribution in [0, 0.1) is 0 Å². The monoisotopic (exact) mass is 486 g/mol. The number of nitrogens with zero attached hydrogens (tertiary/aromatic N) is 2.